The number of pyridine rings is 1. The zero-order chi connectivity index (χ0) is 13.1. The van der Waals surface area contributed by atoms with Crippen LogP contribution in [0, 0.1) is 0 Å². The number of hydrogen-bond acceptors (Lipinski definition) is 3. The molecule has 1 saturated heterocycles. The van der Waals surface area contributed by atoms with Gasteiger partial charge in [0.25, 0.3) is 5.91 Å². The largest absolute Gasteiger partial charge is 0.334 e. The number of aromatic nitrogens is 1. The number of hydrogen-bond donors (Lipinski definition) is 2. The molecule has 1 aliphatic rings. The number of piperidine rings is 1. The summed E-state index contributed by atoms with van der Waals surface area (Å²) in [5.74, 6) is -0.0944. The summed E-state index contributed by atoms with van der Waals surface area (Å²) in [5.41, 5.74) is 6.12. The number of carbonyl (C=O) groups excluding carboxylic acids is 1. The van der Waals surface area contributed by atoms with E-state index in [2.05, 4.69) is 4.98 Å². The summed E-state index contributed by atoms with van der Waals surface area (Å²) in [6, 6.07) is 3.01. The zero-order valence-corrected chi connectivity index (χ0v) is 11.8. The summed E-state index contributed by atoms with van der Waals surface area (Å²) in [6.45, 7) is 2.64. The third-order valence-electron chi connectivity index (χ3n) is 3.44. The van der Waals surface area contributed by atoms with Crippen molar-refractivity contribution in [1.82, 2.24) is 9.88 Å². The molecule has 1 amide bonds. The highest BCUT2D eigenvalue weighted by atomic mass is 35.5. The normalized spacial score (nSPS) is 20.5. The summed E-state index contributed by atoms with van der Waals surface area (Å²) in [6.07, 6.45) is 4.54. The highest BCUT2D eigenvalue weighted by Crippen LogP contribution is 2.20. The van der Waals surface area contributed by atoms with Gasteiger partial charge in [-0.2, -0.15) is 0 Å². The van der Waals surface area contributed by atoms with E-state index in [9.17, 15) is 9.59 Å². The van der Waals surface area contributed by atoms with E-state index in [1.165, 1.54) is 12.3 Å². The van der Waals surface area contributed by atoms with Crippen molar-refractivity contribution < 1.29 is 4.79 Å². The second-order valence-electron chi connectivity index (χ2n) is 4.86. The zero-order valence-electron chi connectivity index (χ0n) is 11.0. The molecular formula is C13H20ClN3O2. The molecule has 2 heterocycles. The van der Waals surface area contributed by atoms with Crippen LogP contribution in [0.15, 0.2) is 23.1 Å². The number of amides is 1. The standard InChI is InChI=1S/C13H19N3O2.ClH/c1-9(14)11-4-2-3-7-16(11)13(18)10-5-6-15-12(17)8-10;/h5-6,8-9,11H,2-4,7,14H2,1H3,(H,15,17);1H. The third kappa shape index (κ3) is 3.58. The fourth-order valence-electron chi connectivity index (χ4n) is 2.50. The van der Waals surface area contributed by atoms with Gasteiger partial charge in [-0.15, -0.1) is 12.4 Å². The summed E-state index contributed by atoms with van der Waals surface area (Å²) in [4.78, 5) is 27.9. The number of halogens is 1. The van der Waals surface area contributed by atoms with E-state index in [1.54, 1.807) is 6.07 Å². The Kier molecular flexibility index (Phi) is 5.57. The molecule has 106 valence electrons. The van der Waals surface area contributed by atoms with Gasteiger partial charge >= 0.3 is 0 Å². The maximum atomic E-state index is 12.4. The first-order valence-electron chi connectivity index (χ1n) is 6.35. The summed E-state index contributed by atoms with van der Waals surface area (Å²) >= 11 is 0. The van der Waals surface area contributed by atoms with Gasteiger partial charge in [-0.3, -0.25) is 9.59 Å². The number of carbonyl (C=O) groups is 1. The molecule has 3 N–H and O–H groups in total. The lowest BCUT2D eigenvalue weighted by Gasteiger charge is -2.38. The van der Waals surface area contributed by atoms with Crippen molar-refractivity contribution in [1.29, 1.82) is 0 Å². The highest BCUT2D eigenvalue weighted by molar-refractivity contribution is 5.94. The van der Waals surface area contributed by atoms with E-state index in [4.69, 9.17) is 5.73 Å². The van der Waals surface area contributed by atoms with Crippen LogP contribution >= 0.6 is 12.4 Å². The minimum atomic E-state index is -0.254. The van der Waals surface area contributed by atoms with Crippen molar-refractivity contribution in [3.8, 4) is 0 Å². The number of nitrogens with one attached hydrogen (secondary N) is 1. The average molecular weight is 286 g/mol. The molecule has 1 aliphatic heterocycles. The Bertz CT molecular complexity index is 487. The lowest BCUT2D eigenvalue weighted by atomic mass is 9.96. The topological polar surface area (TPSA) is 79.2 Å². The van der Waals surface area contributed by atoms with Crippen molar-refractivity contribution in [2.24, 2.45) is 5.73 Å². The van der Waals surface area contributed by atoms with E-state index in [1.807, 2.05) is 11.8 Å². The molecule has 0 spiro atoms. The molecule has 2 unspecified atom stereocenters. The van der Waals surface area contributed by atoms with Crippen LogP contribution in [0.25, 0.3) is 0 Å². The Hall–Kier alpha value is -1.33. The average Bonchev–Trinajstić information content (AvgIpc) is 2.38. The van der Waals surface area contributed by atoms with Gasteiger partial charge in [0, 0.05) is 36.5 Å². The maximum Gasteiger partial charge on any atom is 0.254 e. The molecule has 2 rings (SSSR count). The Labute approximate surface area is 118 Å². The Morgan fingerprint density at radius 2 is 2.26 bits per heavy atom. The third-order valence-corrected chi connectivity index (χ3v) is 3.44. The van der Waals surface area contributed by atoms with Gasteiger partial charge in [-0.25, -0.2) is 0 Å². The van der Waals surface area contributed by atoms with Gasteiger partial charge < -0.3 is 15.6 Å². The summed E-state index contributed by atoms with van der Waals surface area (Å²) < 4.78 is 0. The van der Waals surface area contributed by atoms with Crippen molar-refractivity contribution in [2.45, 2.75) is 38.3 Å². The Balaban J connectivity index is 0.00000180. The van der Waals surface area contributed by atoms with Crippen LogP contribution < -0.4 is 11.3 Å². The molecule has 1 fully saturated rings. The molecule has 1 aromatic heterocycles. The predicted octanol–water partition coefficient (Wildman–Crippen LogP) is 1.14. The number of nitrogens with two attached hydrogens (primary N) is 1. The first-order chi connectivity index (χ1) is 8.59. The maximum absolute atomic E-state index is 12.4. The van der Waals surface area contributed by atoms with E-state index in [-0.39, 0.29) is 36.0 Å². The van der Waals surface area contributed by atoms with Crippen molar-refractivity contribution in [3.05, 3.63) is 34.2 Å². The first kappa shape index (κ1) is 15.7. The minimum absolute atomic E-state index is 0. The highest BCUT2D eigenvalue weighted by Gasteiger charge is 2.29. The van der Waals surface area contributed by atoms with Crippen LogP contribution in [0.4, 0.5) is 0 Å². The molecule has 2 atom stereocenters. The van der Waals surface area contributed by atoms with Crippen LogP contribution in [0.1, 0.15) is 36.5 Å². The second kappa shape index (κ2) is 6.73. The summed E-state index contributed by atoms with van der Waals surface area (Å²) in [5, 5.41) is 0. The molecule has 19 heavy (non-hydrogen) atoms. The van der Waals surface area contributed by atoms with Gasteiger partial charge in [0.2, 0.25) is 5.56 Å². The molecule has 0 aliphatic carbocycles. The van der Waals surface area contributed by atoms with E-state index in [0.29, 0.717) is 5.56 Å². The number of likely N-dealkylation sites (tertiary alicyclic amines) is 1. The van der Waals surface area contributed by atoms with Crippen LogP contribution in [0.3, 0.4) is 0 Å². The molecule has 0 saturated carbocycles. The molecule has 0 aromatic carbocycles. The Morgan fingerprint density at radius 3 is 2.89 bits per heavy atom. The molecule has 1 aromatic rings. The quantitative estimate of drug-likeness (QED) is 0.855. The van der Waals surface area contributed by atoms with Gasteiger partial charge in [0.15, 0.2) is 0 Å². The predicted molar refractivity (Wildman–Crippen MR) is 76.6 cm³/mol. The number of nitrogens with zero attached hydrogens (tertiary/aromatic N) is 1. The fraction of sp³-hybridized carbons (Fsp3) is 0.538. The molecule has 5 nitrogen and oxygen atoms in total. The van der Waals surface area contributed by atoms with Crippen molar-refractivity contribution >= 4 is 18.3 Å². The molecule has 0 radical (unpaired) electrons. The van der Waals surface area contributed by atoms with Crippen LogP contribution in [-0.2, 0) is 0 Å². The minimum Gasteiger partial charge on any atom is -0.334 e. The van der Waals surface area contributed by atoms with Crippen LogP contribution in [0.5, 0.6) is 0 Å². The van der Waals surface area contributed by atoms with Gasteiger partial charge in [-0.1, -0.05) is 0 Å². The van der Waals surface area contributed by atoms with E-state index >= 15 is 0 Å². The first-order valence-corrected chi connectivity index (χ1v) is 6.35. The lowest BCUT2D eigenvalue weighted by molar-refractivity contribution is 0.0583. The van der Waals surface area contributed by atoms with Crippen molar-refractivity contribution in [3.63, 3.8) is 0 Å². The molecular weight excluding hydrogens is 266 g/mol. The molecule has 6 heteroatoms. The lowest BCUT2D eigenvalue weighted by Crippen LogP contribution is -2.51. The molecule has 0 bridgehead atoms. The second-order valence-corrected chi connectivity index (χ2v) is 4.86. The van der Waals surface area contributed by atoms with E-state index in [0.717, 1.165) is 25.8 Å². The van der Waals surface area contributed by atoms with E-state index < -0.39 is 0 Å². The Morgan fingerprint density at radius 1 is 1.53 bits per heavy atom. The smallest absolute Gasteiger partial charge is 0.254 e. The number of H-pyrrole nitrogens is 1. The van der Waals surface area contributed by atoms with Crippen LogP contribution in [0.2, 0.25) is 0 Å². The van der Waals surface area contributed by atoms with Gasteiger partial charge in [-0.05, 0) is 32.3 Å². The summed E-state index contributed by atoms with van der Waals surface area (Å²) in [7, 11) is 0. The van der Waals surface area contributed by atoms with Gasteiger partial charge in [0.1, 0.15) is 0 Å². The van der Waals surface area contributed by atoms with Gasteiger partial charge in [0.05, 0.1) is 0 Å². The fourth-order valence-corrected chi connectivity index (χ4v) is 2.50. The number of rotatable bonds is 2. The van der Waals surface area contributed by atoms with Crippen LogP contribution in [-0.4, -0.2) is 34.4 Å². The SMILES string of the molecule is CC(N)C1CCCCN1C(=O)c1cc[nH]c(=O)c1.Cl. The van der Waals surface area contributed by atoms with Crippen molar-refractivity contribution in [2.75, 3.05) is 6.54 Å². The number of aromatic amines is 1. The monoisotopic (exact) mass is 285 g/mol.